The van der Waals surface area contributed by atoms with Crippen LogP contribution in [0.5, 0.6) is 5.75 Å². The van der Waals surface area contributed by atoms with Crippen LogP contribution in [0.15, 0.2) is 47.3 Å². The van der Waals surface area contributed by atoms with E-state index in [1.54, 1.807) is 9.13 Å². The zero-order valence-electron chi connectivity index (χ0n) is 16.3. The van der Waals surface area contributed by atoms with Gasteiger partial charge in [-0.2, -0.15) is 0 Å². The SMILES string of the molecule is CCCn1c(=O)n(CCC(=O)Nc2ccc(C(=O)O)c(OC)c2)c2ccccc21. The Morgan fingerprint density at radius 3 is 2.31 bits per heavy atom. The highest BCUT2D eigenvalue weighted by Gasteiger charge is 2.15. The Morgan fingerprint density at radius 2 is 1.72 bits per heavy atom. The van der Waals surface area contributed by atoms with Gasteiger partial charge in [-0.1, -0.05) is 19.1 Å². The second kappa shape index (κ2) is 8.64. The molecule has 1 aromatic heterocycles. The minimum atomic E-state index is -1.11. The van der Waals surface area contributed by atoms with Crippen molar-refractivity contribution in [2.45, 2.75) is 32.9 Å². The first-order valence-electron chi connectivity index (χ1n) is 9.35. The van der Waals surface area contributed by atoms with Gasteiger partial charge in [-0.3, -0.25) is 13.9 Å². The van der Waals surface area contributed by atoms with Gasteiger partial charge < -0.3 is 15.2 Å². The molecule has 0 aliphatic rings. The molecule has 0 bridgehead atoms. The summed E-state index contributed by atoms with van der Waals surface area (Å²) in [6.07, 6.45) is 0.936. The van der Waals surface area contributed by atoms with Gasteiger partial charge in [-0.15, -0.1) is 0 Å². The first-order chi connectivity index (χ1) is 14.0. The highest BCUT2D eigenvalue weighted by molar-refractivity contribution is 5.94. The van der Waals surface area contributed by atoms with E-state index in [-0.39, 0.29) is 35.9 Å². The largest absolute Gasteiger partial charge is 0.496 e. The van der Waals surface area contributed by atoms with E-state index in [2.05, 4.69) is 5.32 Å². The molecule has 0 atom stereocenters. The number of hydrogen-bond donors (Lipinski definition) is 2. The van der Waals surface area contributed by atoms with Gasteiger partial charge in [0.15, 0.2) is 0 Å². The Labute approximate surface area is 167 Å². The molecular weight excluding hydrogens is 374 g/mol. The number of amides is 1. The van der Waals surface area contributed by atoms with Crippen LogP contribution in [0.2, 0.25) is 0 Å². The number of carboxylic acids is 1. The van der Waals surface area contributed by atoms with E-state index in [1.165, 1.54) is 25.3 Å². The molecule has 29 heavy (non-hydrogen) atoms. The van der Waals surface area contributed by atoms with Crippen LogP contribution in [0.3, 0.4) is 0 Å². The van der Waals surface area contributed by atoms with Gasteiger partial charge in [0.1, 0.15) is 11.3 Å². The molecule has 2 aromatic carbocycles. The van der Waals surface area contributed by atoms with Crippen LogP contribution in [0, 0.1) is 0 Å². The maximum absolute atomic E-state index is 12.8. The van der Waals surface area contributed by atoms with Gasteiger partial charge in [0, 0.05) is 31.3 Å². The number of rotatable bonds is 8. The zero-order valence-corrected chi connectivity index (χ0v) is 16.3. The first kappa shape index (κ1) is 20.2. The quantitative estimate of drug-likeness (QED) is 0.608. The number of benzene rings is 2. The van der Waals surface area contributed by atoms with Crippen LogP contribution in [-0.2, 0) is 17.9 Å². The average Bonchev–Trinajstić information content (AvgIpc) is 2.97. The summed E-state index contributed by atoms with van der Waals surface area (Å²) in [5.41, 5.74) is 1.96. The van der Waals surface area contributed by atoms with Crippen molar-refractivity contribution < 1.29 is 19.4 Å². The molecule has 0 aliphatic heterocycles. The molecule has 0 saturated carbocycles. The Kier molecular flexibility index (Phi) is 6.01. The van der Waals surface area contributed by atoms with Crippen molar-refractivity contribution >= 4 is 28.6 Å². The topological polar surface area (TPSA) is 103 Å². The number of nitrogens with one attached hydrogen (secondary N) is 1. The summed E-state index contributed by atoms with van der Waals surface area (Å²) in [5, 5.41) is 11.8. The number of carbonyl (C=O) groups excluding carboxylic acids is 1. The summed E-state index contributed by atoms with van der Waals surface area (Å²) in [4.78, 5) is 36.3. The van der Waals surface area contributed by atoms with Gasteiger partial charge in [0.2, 0.25) is 5.91 Å². The van der Waals surface area contributed by atoms with Crippen LogP contribution in [-0.4, -0.2) is 33.2 Å². The van der Waals surface area contributed by atoms with Crippen LogP contribution >= 0.6 is 0 Å². The molecule has 0 aliphatic carbocycles. The molecular formula is C21H23N3O5. The van der Waals surface area contributed by atoms with Crippen molar-refractivity contribution in [2.75, 3.05) is 12.4 Å². The maximum atomic E-state index is 12.8. The third kappa shape index (κ3) is 4.16. The third-order valence-corrected chi connectivity index (χ3v) is 4.65. The van der Waals surface area contributed by atoms with Crippen molar-refractivity contribution in [2.24, 2.45) is 0 Å². The van der Waals surface area contributed by atoms with Crippen molar-refractivity contribution in [3.63, 3.8) is 0 Å². The molecule has 1 amide bonds. The van der Waals surface area contributed by atoms with Gasteiger partial charge in [-0.05, 0) is 30.7 Å². The number of para-hydroxylation sites is 2. The zero-order chi connectivity index (χ0) is 21.0. The number of hydrogen-bond acceptors (Lipinski definition) is 4. The van der Waals surface area contributed by atoms with Crippen LogP contribution in [0.25, 0.3) is 11.0 Å². The lowest BCUT2D eigenvalue weighted by molar-refractivity contribution is -0.116. The monoisotopic (exact) mass is 397 g/mol. The molecule has 1 heterocycles. The molecule has 2 N–H and O–H groups in total. The van der Waals surface area contributed by atoms with Gasteiger partial charge in [-0.25, -0.2) is 9.59 Å². The summed E-state index contributed by atoms with van der Waals surface area (Å²) in [5.74, 6) is -1.23. The molecule has 0 unspecified atom stereocenters. The number of nitrogens with zero attached hydrogens (tertiary/aromatic N) is 2. The van der Waals surface area contributed by atoms with E-state index in [1.807, 2.05) is 31.2 Å². The molecule has 3 rings (SSSR count). The molecule has 8 heteroatoms. The van der Waals surface area contributed by atoms with Gasteiger partial charge in [0.25, 0.3) is 0 Å². The fourth-order valence-corrected chi connectivity index (χ4v) is 3.31. The van der Waals surface area contributed by atoms with E-state index in [4.69, 9.17) is 9.84 Å². The normalized spacial score (nSPS) is 10.8. The molecule has 0 fully saturated rings. The minimum Gasteiger partial charge on any atom is -0.496 e. The average molecular weight is 397 g/mol. The second-order valence-electron chi connectivity index (χ2n) is 6.59. The summed E-state index contributed by atoms with van der Waals surface area (Å²) < 4.78 is 8.40. The fourth-order valence-electron chi connectivity index (χ4n) is 3.31. The van der Waals surface area contributed by atoms with E-state index in [0.717, 1.165) is 17.5 Å². The first-order valence-corrected chi connectivity index (χ1v) is 9.35. The Morgan fingerprint density at radius 1 is 1.07 bits per heavy atom. The maximum Gasteiger partial charge on any atom is 0.339 e. The van der Waals surface area contributed by atoms with Crippen molar-refractivity contribution in [1.82, 2.24) is 9.13 Å². The number of imidazole rings is 1. The minimum absolute atomic E-state index is 0.0146. The number of carbonyl (C=O) groups is 2. The van der Waals surface area contributed by atoms with Crippen LogP contribution in [0.1, 0.15) is 30.1 Å². The number of methoxy groups -OCH3 is 1. The summed E-state index contributed by atoms with van der Waals surface area (Å²) in [6, 6.07) is 11.9. The Balaban J connectivity index is 1.76. The smallest absolute Gasteiger partial charge is 0.339 e. The highest BCUT2D eigenvalue weighted by Crippen LogP contribution is 2.23. The number of ether oxygens (including phenoxy) is 1. The lowest BCUT2D eigenvalue weighted by Gasteiger charge is -2.10. The van der Waals surface area contributed by atoms with Crippen molar-refractivity contribution in [3.8, 4) is 5.75 Å². The standard InChI is InChI=1S/C21H23N3O5/c1-3-11-23-16-6-4-5-7-17(16)24(21(23)28)12-10-19(25)22-14-8-9-15(20(26)27)18(13-14)29-2/h4-9,13H,3,10-12H2,1-2H3,(H,22,25)(H,26,27). The van der Waals surface area contributed by atoms with Crippen molar-refractivity contribution in [1.29, 1.82) is 0 Å². The lowest BCUT2D eigenvalue weighted by atomic mass is 10.2. The number of anilines is 1. The van der Waals surface area contributed by atoms with Crippen LogP contribution < -0.4 is 15.7 Å². The third-order valence-electron chi connectivity index (χ3n) is 4.65. The number of aromatic nitrogens is 2. The summed E-state index contributed by atoms with van der Waals surface area (Å²) >= 11 is 0. The van der Waals surface area contributed by atoms with E-state index < -0.39 is 5.97 Å². The fraction of sp³-hybridized carbons (Fsp3) is 0.286. The van der Waals surface area contributed by atoms with Crippen molar-refractivity contribution in [3.05, 3.63) is 58.5 Å². The van der Waals surface area contributed by atoms with Crippen LogP contribution in [0.4, 0.5) is 5.69 Å². The van der Waals surface area contributed by atoms with Gasteiger partial charge in [0.05, 0.1) is 18.1 Å². The molecule has 0 saturated heterocycles. The predicted octanol–water partition coefficient (Wildman–Crippen LogP) is 2.95. The predicted molar refractivity (Wildman–Crippen MR) is 110 cm³/mol. The van der Waals surface area contributed by atoms with Gasteiger partial charge >= 0.3 is 11.7 Å². The highest BCUT2D eigenvalue weighted by atomic mass is 16.5. The molecule has 8 nitrogen and oxygen atoms in total. The molecule has 152 valence electrons. The lowest BCUT2D eigenvalue weighted by Crippen LogP contribution is -2.26. The number of aromatic carboxylic acids is 1. The molecule has 0 spiro atoms. The number of aryl methyl sites for hydroxylation is 2. The molecule has 3 aromatic rings. The molecule has 0 radical (unpaired) electrons. The van der Waals surface area contributed by atoms with E-state index in [0.29, 0.717) is 12.2 Å². The summed E-state index contributed by atoms with van der Waals surface area (Å²) in [6.45, 7) is 2.87. The number of fused-ring (bicyclic) bond motifs is 1. The van der Waals surface area contributed by atoms with E-state index in [9.17, 15) is 14.4 Å². The Bertz CT molecular complexity index is 1110. The summed E-state index contributed by atoms with van der Waals surface area (Å²) in [7, 11) is 1.37. The number of carboxylic acid groups (broad SMARTS) is 1. The second-order valence-corrected chi connectivity index (χ2v) is 6.59. The Hall–Kier alpha value is -3.55. The van der Waals surface area contributed by atoms with E-state index >= 15 is 0 Å².